The van der Waals surface area contributed by atoms with Gasteiger partial charge in [0.1, 0.15) is 0 Å². The van der Waals surface area contributed by atoms with Gasteiger partial charge in [-0.3, -0.25) is 9.59 Å². The maximum absolute atomic E-state index is 11.9. The summed E-state index contributed by atoms with van der Waals surface area (Å²) in [6.07, 6.45) is 0. The quantitative estimate of drug-likeness (QED) is 0.690. The zero-order valence-electron chi connectivity index (χ0n) is 18.1. The summed E-state index contributed by atoms with van der Waals surface area (Å²) >= 11 is 0. The molecular formula is C22H34N2O2P2. The van der Waals surface area contributed by atoms with Crippen LogP contribution in [-0.2, 0) is 9.59 Å². The van der Waals surface area contributed by atoms with Crippen molar-refractivity contribution in [3.63, 3.8) is 0 Å². The molecule has 4 nitrogen and oxygen atoms in total. The van der Waals surface area contributed by atoms with E-state index < -0.39 is 0 Å². The number of hydrogen-bond donors (Lipinski definition) is 0. The van der Waals surface area contributed by atoms with Crippen molar-refractivity contribution in [1.82, 2.24) is 9.80 Å². The minimum absolute atomic E-state index is 0.199. The van der Waals surface area contributed by atoms with E-state index in [0.29, 0.717) is 22.6 Å². The second kappa shape index (κ2) is 8.80. The standard InChI is InChI=1S/C22H34N2O2P2/c1-15-11-23(19(5)25)12-16(2)27(15)21-9-7-8-10-22(21)28-17(3)13-24(20(6)26)14-18(28)4/h7-10,15-18H,11-14H2,1-6H3/t15-,16-,17-,18-/m1/s1. The van der Waals surface area contributed by atoms with Crippen LogP contribution in [0.3, 0.4) is 0 Å². The molecule has 2 fully saturated rings. The maximum Gasteiger partial charge on any atom is 0.219 e. The second-order valence-electron chi connectivity index (χ2n) is 8.55. The smallest absolute Gasteiger partial charge is 0.219 e. The third kappa shape index (κ3) is 4.29. The van der Waals surface area contributed by atoms with Gasteiger partial charge in [0.05, 0.1) is 0 Å². The summed E-state index contributed by atoms with van der Waals surface area (Å²) in [6, 6.07) is 9.09. The molecular weight excluding hydrogens is 386 g/mol. The lowest BCUT2D eigenvalue weighted by Crippen LogP contribution is -2.49. The highest BCUT2D eigenvalue weighted by Crippen LogP contribution is 2.53. The van der Waals surface area contributed by atoms with Crippen molar-refractivity contribution in [2.45, 2.75) is 64.2 Å². The molecule has 0 aromatic heterocycles. The Hall–Kier alpha value is -0.980. The van der Waals surface area contributed by atoms with Gasteiger partial charge >= 0.3 is 0 Å². The molecule has 0 spiro atoms. The minimum atomic E-state index is -0.306. The average molecular weight is 420 g/mol. The fourth-order valence-corrected chi connectivity index (χ4v) is 12.0. The Morgan fingerprint density at radius 3 is 1.25 bits per heavy atom. The van der Waals surface area contributed by atoms with Crippen LogP contribution < -0.4 is 10.6 Å². The van der Waals surface area contributed by atoms with Crippen molar-refractivity contribution in [2.75, 3.05) is 26.2 Å². The lowest BCUT2D eigenvalue weighted by atomic mass is 10.3. The van der Waals surface area contributed by atoms with Gasteiger partial charge in [0, 0.05) is 40.0 Å². The lowest BCUT2D eigenvalue weighted by Gasteiger charge is -2.45. The fourth-order valence-electron chi connectivity index (χ4n) is 5.01. The number of benzene rings is 1. The normalized spacial score (nSPS) is 29.8. The van der Waals surface area contributed by atoms with Crippen LogP contribution in [0.1, 0.15) is 41.5 Å². The average Bonchev–Trinajstić information content (AvgIpc) is 2.61. The zero-order chi connectivity index (χ0) is 20.6. The summed E-state index contributed by atoms with van der Waals surface area (Å²) in [5.74, 6) is 0.398. The number of amides is 2. The Labute approximate surface area is 172 Å². The van der Waals surface area contributed by atoms with E-state index in [2.05, 4.69) is 52.0 Å². The third-order valence-corrected chi connectivity index (χ3v) is 12.7. The van der Waals surface area contributed by atoms with Crippen molar-refractivity contribution in [3.05, 3.63) is 24.3 Å². The first-order chi connectivity index (χ1) is 13.2. The molecule has 4 atom stereocenters. The zero-order valence-corrected chi connectivity index (χ0v) is 19.8. The summed E-state index contributed by atoms with van der Waals surface area (Å²) in [5, 5.41) is 3.11. The molecule has 1 aromatic carbocycles. The molecule has 6 heteroatoms. The van der Waals surface area contributed by atoms with Crippen LogP contribution in [-0.4, -0.2) is 70.4 Å². The van der Waals surface area contributed by atoms with E-state index in [-0.39, 0.29) is 27.7 Å². The van der Waals surface area contributed by atoms with Crippen LogP contribution in [0.4, 0.5) is 0 Å². The molecule has 0 unspecified atom stereocenters. The first-order valence-electron chi connectivity index (χ1n) is 10.4. The molecule has 0 radical (unpaired) electrons. The molecule has 0 bridgehead atoms. The van der Waals surface area contributed by atoms with E-state index in [1.807, 2.05) is 9.80 Å². The number of nitrogens with zero attached hydrogens (tertiary/aromatic N) is 2. The molecule has 3 rings (SSSR count). The summed E-state index contributed by atoms with van der Waals surface area (Å²) in [6.45, 7) is 16.2. The number of hydrogen-bond acceptors (Lipinski definition) is 2. The molecule has 0 N–H and O–H groups in total. The van der Waals surface area contributed by atoms with Gasteiger partial charge in [0.15, 0.2) is 0 Å². The highest BCUT2D eigenvalue weighted by molar-refractivity contribution is 7.73. The summed E-state index contributed by atoms with van der Waals surface area (Å²) in [4.78, 5) is 27.9. The van der Waals surface area contributed by atoms with E-state index in [1.54, 1.807) is 24.5 Å². The van der Waals surface area contributed by atoms with Crippen LogP contribution in [0, 0.1) is 0 Å². The largest absolute Gasteiger partial charge is 0.342 e. The highest BCUT2D eigenvalue weighted by Gasteiger charge is 2.39. The van der Waals surface area contributed by atoms with Crippen molar-refractivity contribution in [3.8, 4) is 0 Å². The van der Waals surface area contributed by atoms with E-state index >= 15 is 0 Å². The molecule has 2 saturated heterocycles. The van der Waals surface area contributed by atoms with E-state index in [0.717, 1.165) is 26.2 Å². The van der Waals surface area contributed by atoms with Crippen LogP contribution in [0.2, 0.25) is 0 Å². The summed E-state index contributed by atoms with van der Waals surface area (Å²) in [5.41, 5.74) is 2.07. The van der Waals surface area contributed by atoms with Gasteiger partial charge < -0.3 is 9.80 Å². The minimum Gasteiger partial charge on any atom is -0.342 e. The first-order valence-corrected chi connectivity index (χ1v) is 13.3. The molecule has 1 aromatic rings. The molecule has 154 valence electrons. The van der Waals surface area contributed by atoms with Gasteiger partial charge in [-0.25, -0.2) is 0 Å². The van der Waals surface area contributed by atoms with Gasteiger partial charge in [0.2, 0.25) is 11.8 Å². The molecule has 2 heterocycles. The SMILES string of the molecule is CC(=O)N1C[C@@H](C)P(c2ccccc2P2[C@H](C)CN(C(C)=O)C[C@H]2C)[C@H](C)C1. The fraction of sp³-hybridized carbons (Fsp3) is 0.636. The van der Waals surface area contributed by atoms with Crippen molar-refractivity contribution < 1.29 is 9.59 Å². The van der Waals surface area contributed by atoms with Gasteiger partial charge in [0.25, 0.3) is 0 Å². The highest BCUT2D eigenvalue weighted by atomic mass is 31.1. The van der Waals surface area contributed by atoms with E-state index in [4.69, 9.17) is 0 Å². The van der Waals surface area contributed by atoms with Gasteiger partial charge in [-0.15, -0.1) is 0 Å². The van der Waals surface area contributed by atoms with E-state index in [9.17, 15) is 9.59 Å². The topological polar surface area (TPSA) is 40.6 Å². The number of carbonyl (C=O) groups excluding carboxylic acids is 2. The number of rotatable bonds is 2. The van der Waals surface area contributed by atoms with Crippen molar-refractivity contribution in [2.24, 2.45) is 0 Å². The van der Waals surface area contributed by atoms with E-state index in [1.165, 1.54) is 0 Å². The van der Waals surface area contributed by atoms with Gasteiger partial charge in [-0.2, -0.15) is 0 Å². The summed E-state index contributed by atoms with van der Waals surface area (Å²) < 4.78 is 0. The summed E-state index contributed by atoms with van der Waals surface area (Å²) in [7, 11) is -0.612. The molecule has 2 aliphatic heterocycles. The molecule has 28 heavy (non-hydrogen) atoms. The van der Waals surface area contributed by atoms with Crippen LogP contribution in [0.25, 0.3) is 0 Å². The van der Waals surface area contributed by atoms with Gasteiger partial charge in [-0.05, 0) is 33.2 Å². The maximum atomic E-state index is 11.9. The monoisotopic (exact) mass is 420 g/mol. The Morgan fingerprint density at radius 1 is 0.714 bits per heavy atom. The van der Waals surface area contributed by atoms with Crippen LogP contribution >= 0.6 is 15.8 Å². The molecule has 0 aliphatic carbocycles. The van der Waals surface area contributed by atoms with Crippen LogP contribution in [0.15, 0.2) is 24.3 Å². The Kier molecular flexibility index (Phi) is 6.83. The Balaban J connectivity index is 1.92. The van der Waals surface area contributed by atoms with Crippen molar-refractivity contribution >= 4 is 38.3 Å². The second-order valence-corrected chi connectivity index (χ2v) is 14.7. The number of carbonyl (C=O) groups is 2. The predicted molar refractivity (Wildman–Crippen MR) is 122 cm³/mol. The first kappa shape index (κ1) is 21.7. The van der Waals surface area contributed by atoms with Gasteiger partial charge in [-0.1, -0.05) is 67.8 Å². The molecule has 0 saturated carbocycles. The third-order valence-electron chi connectivity index (χ3n) is 6.17. The molecule has 2 amide bonds. The van der Waals surface area contributed by atoms with Crippen molar-refractivity contribution in [1.29, 1.82) is 0 Å². The molecule has 2 aliphatic rings. The van der Waals surface area contributed by atoms with Crippen LogP contribution in [0.5, 0.6) is 0 Å². The predicted octanol–water partition coefficient (Wildman–Crippen LogP) is 3.18. The Morgan fingerprint density at radius 2 is 1.00 bits per heavy atom. The lowest BCUT2D eigenvalue weighted by molar-refractivity contribution is -0.129. The Bertz CT molecular complexity index is 656.